The Labute approximate surface area is 194 Å². The third-order valence-electron chi connectivity index (χ3n) is 5.11. The quantitative estimate of drug-likeness (QED) is 0.305. The number of guanidine groups is 1. The standard InChI is InChI=1S/C21H27N7O.HI/c1-22-21(27-11-9-26(10-12-27)17-20-6-13-29-25-20)23-15-18-4-2-5-19(14-18)16-28-8-3-7-24-28;/h2-8,13-14H,9-12,15-17H2,1H3,(H,22,23);1H. The Hall–Kier alpha value is -2.40. The molecule has 2 aromatic heterocycles. The summed E-state index contributed by atoms with van der Waals surface area (Å²) >= 11 is 0. The lowest BCUT2D eigenvalue weighted by molar-refractivity contribution is 0.169. The van der Waals surface area contributed by atoms with Gasteiger partial charge in [-0.3, -0.25) is 14.6 Å². The molecule has 8 nitrogen and oxygen atoms in total. The van der Waals surface area contributed by atoms with E-state index in [0.717, 1.165) is 57.5 Å². The van der Waals surface area contributed by atoms with Crippen LogP contribution in [0.1, 0.15) is 16.8 Å². The smallest absolute Gasteiger partial charge is 0.194 e. The van der Waals surface area contributed by atoms with E-state index >= 15 is 0 Å². The average Bonchev–Trinajstić information content (AvgIpc) is 3.44. The summed E-state index contributed by atoms with van der Waals surface area (Å²) < 4.78 is 6.86. The molecule has 0 saturated carbocycles. The van der Waals surface area contributed by atoms with Crippen LogP contribution >= 0.6 is 24.0 Å². The molecule has 0 bridgehead atoms. The minimum Gasteiger partial charge on any atom is -0.364 e. The third kappa shape index (κ3) is 6.05. The zero-order valence-electron chi connectivity index (χ0n) is 17.1. The predicted octanol–water partition coefficient (Wildman–Crippen LogP) is 2.43. The predicted molar refractivity (Wildman–Crippen MR) is 127 cm³/mol. The van der Waals surface area contributed by atoms with E-state index in [1.807, 2.05) is 30.1 Å². The number of piperazine rings is 1. The first-order valence-corrected chi connectivity index (χ1v) is 9.92. The summed E-state index contributed by atoms with van der Waals surface area (Å²) in [4.78, 5) is 9.18. The van der Waals surface area contributed by atoms with E-state index in [1.54, 1.807) is 12.5 Å². The largest absolute Gasteiger partial charge is 0.364 e. The molecule has 30 heavy (non-hydrogen) atoms. The number of hydrogen-bond donors (Lipinski definition) is 1. The van der Waals surface area contributed by atoms with Crippen LogP contribution in [-0.4, -0.2) is 63.9 Å². The molecular formula is C21H28IN7O. The molecule has 1 fully saturated rings. The van der Waals surface area contributed by atoms with Crippen LogP contribution in [0.5, 0.6) is 0 Å². The molecule has 4 rings (SSSR count). The molecule has 160 valence electrons. The third-order valence-corrected chi connectivity index (χ3v) is 5.11. The highest BCUT2D eigenvalue weighted by Gasteiger charge is 2.20. The monoisotopic (exact) mass is 521 g/mol. The molecule has 0 amide bonds. The number of hydrogen-bond acceptors (Lipinski definition) is 5. The molecule has 0 aliphatic carbocycles. The Kier molecular flexibility index (Phi) is 8.26. The maximum Gasteiger partial charge on any atom is 0.194 e. The van der Waals surface area contributed by atoms with E-state index < -0.39 is 0 Å². The van der Waals surface area contributed by atoms with Crippen LogP contribution < -0.4 is 5.32 Å². The van der Waals surface area contributed by atoms with E-state index in [0.29, 0.717) is 0 Å². The van der Waals surface area contributed by atoms with Crippen LogP contribution in [0.2, 0.25) is 0 Å². The maximum atomic E-state index is 4.92. The first kappa shape index (κ1) is 22.3. The van der Waals surface area contributed by atoms with Crippen molar-refractivity contribution in [1.29, 1.82) is 0 Å². The second-order valence-corrected chi connectivity index (χ2v) is 7.18. The minimum atomic E-state index is 0. The highest BCUT2D eigenvalue weighted by atomic mass is 127. The van der Waals surface area contributed by atoms with Crippen molar-refractivity contribution in [2.45, 2.75) is 19.6 Å². The van der Waals surface area contributed by atoms with Crippen molar-refractivity contribution in [3.8, 4) is 0 Å². The number of nitrogens with zero attached hydrogens (tertiary/aromatic N) is 6. The average molecular weight is 521 g/mol. The van der Waals surface area contributed by atoms with Gasteiger partial charge < -0.3 is 14.7 Å². The van der Waals surface area contributed by atoms with Gasteiger partial charge in [0.15, 0.2) is 5.96 Å². The molecule has 0 unspecified atom stereocenters. The Morgan fingerprint density at radius 3 is 2.63 bits per heavy atom. The van der Waals surface area contributed by atoms with Gasteiger partial charge in [-0.15, -0.1) is 24.0 Å². The van der Waals surface area contributed by atoms with E-state index in [1.165, 1.54) is 11.1 Å². The van der Waals surface area contributed by atoms with Gasteiger partial charge in [-0.25, -0.2) is 0 Å². The summed E-state index contributed by atoms with van der Waals surface area (Å²) in [5.74, 6) is 0.948. The maximum absolute atomic E-state index is 4.92. The second kappa shape index (κ2) is 11.1. The fourth-order valence-corrected chi connectivity index (χ4v) is 3.60. The number of benzene rings is 1. The molecule has 1 aromatic carbocycles. The summed E-state index contributed by atoms with van der Waals surface area (Å²) in [6.45, 7) is 6.20. The van der Waals surface area contributed by atoms with Crippen molar-refractivity contribution < 1.29 is 4.52 Å². The molecule has 1 aliphatic rings. The summed E-state index contributed by atoms with van der Waals surface area (Å²) in [6.07, 6.45) is 5.41. The Balaban J connectivity index is 0.00000256. The van der Waals surface area contributed by atoms with E-state index in [4.69, 9.17) is 4.52 Å². The molecule has 1 saturated heterocycles. The van der Waals surface area contributed by atoms with Crippen molar-refractivity contribution in [2.75, 3.05) is 33.2 Å². The van der Waals surface area contributed by atoms with Crippen molar-refractivity contribution in [3.63, 3.8) is 0 Å². The van der Waals surface area contributed by atoms with Gasteiger partial charge in [-0.2, -0.15) is 5.10 Å². The van der Waals surface area contributed by atoms with Crippen LogP contribution in [0.15, 0.2) is 64.6 Å². The molecule has 3 heterocycles. The van der Waals surface area contributed by atoms with Crippen molar-refractivity contribution in [3.05, 3.63) is 71.9 Å². The summed E-state index contributed by atoms with van der Waals surface area (Å²) in [5, 5.41) is 11.8. The SMILES string of the molecule is CN=C(NCc1cccc(Cn2cccn2)c1)N1CCN(Cc2ccon2)CC1.I. The van der Waals surface area contributed by atoms with Crippen LogP contribution in [0.3, 0.4) is 0 Å². The van der Waals surface area contributed by atoms with Crippen molar-refractivity contribution in [2.24, 2.45) is 4.99 Å². The van der Waals surface area contributed by atoms with Crippen molar-refractivity contribution >= 4 is 29.9 Å². The topological polar surface area (TPSA) is 74.7 Å². The second-order valence-electron chi connectivity index (χ2n) is 7.18. The van der Waals surface area contributed by atoms with Crippen LogP contribution in [0.25, 0.3) is 0 Å². The van der Waals surface area contributed by atoms with Gasteiger partial charge in [0.05, 0.1) is 12.2 Å². The lowest BCUT2D eigenvalue weighted by Crippen LogP contribution is -2.52. The lowest BCUT2D eigenvalue weighted by atomic mass is 10.1. The number of aliphatic imine (C=N–C) groups is 1. The summed E-state index contributed by atoms with van der Waals surface area (Å²) in [6, 6.07) is 12.5. The Morgan fingerprint density at radius 2 is 1.93 bits per heavy atom. The van der Waals surface area contributed by atoms with Gasteiger partial charge in [0.2, 0.25) is 0 Å². The van der Waals surface area contributed by atoms with Crippen LogP contribution in [-0.2, 0) is 19.6 Å². The highest BCUT2D eigenvalue weighted by Crippen LogP contribution is 2.09. The van der Waals surface area contributed by atoms with Gasteiger partial charge in [0.1, 0.15) is 6.26 Å². The van der Waals surface area contributed by atoms with E-state index in [2.05, 4.69) is 54.6 Å². The van der Waals surface area contributed by atoms with Gasteiger partial charge in [-0.05, 0) is 17.2 Å². The van der Waals surface area contributed by atoms with Crippen LogP contribution in [0.4, 0.5) is 0 Å². The minimum absolute atomic E-state index is 0. The summed E-state index contributed by atoms with van der Waals surface area (Å²) in [5.41, 5.74) is 3.46. The number of aromatic nitrogens is 3. The molecule has 1 N–H and O–H groups in total. The molecule has 0 radical (unpaired) electrons. The molecule has 0 atom stereocenters. The normalized spacial score (nSPS) is 15.1. The van der Waals surface area contributed by atoms with Gasteiger partial charge in [0, 0.05) is 64.8 Å². The fraction of sp³-hybridized carbons (Fsp3) is 0.381. The van der Waals surface area contributed by atoms with Gasteiger partial charge in [0.25, 0.3) is 0 Å². The van der Waals surface area contributed by atoms with E-state index in [-0.39, 0.29) is 24.0 Å². The number of nitrogens with one attached hydrogen (secondary N) is 1. The molecular weight excluding hydrogens is 493 g/mol. The molecule has 9 heteroatoms. The first-order chi connectivity index (χ1) is 14.3. The first-order valence-electron chi connectivity index (χ1n) is 9.92. The van der Waals surface area contributed by atoms with Gasteiger partial charge >= 0.3 is 0 Å². The number of halogens is 1. The van der Waals surface area contributed by atoms with Gasteiger partial charge in [-0.1, -0.05) is 29.4 Å². The highest BCUT2D eigenvalue weighted by molar-refractivity contribution is 14.0. The zero-order valence-corrected chi connectivity index (χ0v) is 19.5. The molecule has 3 aromatic rings. The fourth-order valence-electron chi connectivity index (χ4n) is 3.60. The molecule has 1 aliphatic heterocycles. The van der Waals surface area contributed by atoms with Crippen molar-refractivity contribution in [1.82, 2.24) is 30.1 Å². The summed E-state index contributed by atoms with van der Waals surface area (Å²) in [7, 11) is 1.85. The Bertz CT molecular complexity index is 903. The number of rotatable bonds is 6. The zero-order chi connectivity index (χ0) is 19.9. The van der Waals surface area contributed by atoms with Crippen LogP contribution in [0, 0.1) is 0 Å². The van der Waals surface area contributed by atoms with E-state index in [9.17, 15) is 0 Å². The molecule has 0 spiro atoms. The Morgan fingerprint density at radius 1 is 1.10 bits per heavy atom. The lowest BCUT2D eigenvalue weighted by Gasteiger charge is -2.36.